The second kappa shape index (κ2) is 4.95. The monoisotopic (exact) mass is 148 g/mol. The lowest BCUT2D eigenvalue weighted by Gasteiger charge is -2.08. The molecule has 0 fully saturated rings. The number of aliphatic hydroxyl groups is 2. The molecule has 2 N–H and O–H groups in total. The molecule has 0 aromatic rings. The summed E-state index contributed by atoms with van der Waals surface area (Å²) in [6.45, 7) is -0.989. The van der Waals surface area contributed by atoms with E-state index in [1.807, 2.05) is 0 Å². The minimum absolute atomic E-state index is 0.420. The molecule has 0 heterocycles. The molecular weight excluding hydrogens is 140 g/mol. The molecular formula is C4H8N2O4. The van der Waals surface area contributed by atoms with Crippen LogP contribution in [0.25, 0.3) is 0 Å². The van der Waals surface area contributed by atoms with Crippen molar-refractivity contribution in [1.29, 1.82) is 0 Å². The molecule has 0 amide bonds. The third-order valence-electron chi connectivity index (χ3n) is 1.03. The quantitative estimate of drug-likeness (QED) is 0.500. The van der Waals surface area contributed by atoms with E-state index >= 15 is 0 Å². The van der Waals surface area contributed by atoms with Crippen LogP contribution in [-0.4, -0.2) is 35.5 Å². The lowest BCUT2D eigenvalue weighted by atomic mass is 10.2. The van der Waals surface area contributed by atoms with E-state index in [-0.39, 0.29) is 0 Å². The fourth-order valence-electron chi connectivity index (χ4n) is 0.423. The van der Waals surface area contributed by atoms with E-state index in [1.165, 1.54) is 0 Å². The maximum atomic E-state index is 9.74. The second-order valence-corrected chi connectivity index (χ2v) is 1.73. The number of hydrogen-bond donors (Lipinski definition) is 2. The Morgan fingerprint density at radius 2 is 2.00 bits per heavy atom. The number of nitroso groups, excluding NO2 is 2. The first-order valence-electron chi connectivity index (χ1n) is 2.66. The van der Waals surface area contributed by atoms with Crippen molar-refractivity contribution < 1.29 is 10.2 Å². The van der Waals surface area contributed by atoms with Gasteiger partial charge in [0.05, 0.1) is 6.61 Å². The van der Waals surface area contributed by atoms with Crippen LogP contribution in [0.4, 0.5) is 0 Å². The van der Waals surface area contributed by atoms with Crippen molar-refractivity contribution in [2.75, 3.05) is 13.2 Å². The van der Waals surface area contributed by atoms with E-state index < -0.39 is 25.3 Å². The van der Waals surface area contributed by atoms with E-state index in [0.29, 0.717) is 0 Å². The van der Waals surface area contributed by atoms with Gasteiger partial charge in [-0.2, -0.15) is 9.81 Å². The van der Waals surface area contributed by atoms with Crippen molar-refractivity contribution in [3.63, 3.8) is 0 Å². The number of hydrogen-bond acceptors (Lipinski definition) is 6. The summed E-state index contributed by atoms with van der Waals surface area (Å²) in [5, 5.41) is 21.8. The van der Waals surface area contributed by atoms with Crippen molar-refractivity contribution in [2.45, 2.75) is 12.1 Å². The molecule has 6 nitrogen and oxygen atoms in total. The zero-order valence-corrected chi connectivity index (χ0v) is 5.17. The highest BCUT2D eigenvalue weighted by Gasteiger charge is 2.18. The van der Waals surface area contributed by atoms with E-state index in [1.54, 1.807) is 0 Å². The fourth-order valence-corrected chi connectivity index (χ4v) is 0.423. The Morgan fingerprint density at radius 3 is 2.30 bits per heavy atom. The molecule has 2 atom stereocenters. The van der Waals surface area contributed by atoms with Crippen molar-refractivity contribution in [1.82, 2.24) is 0 Å². The molecule has 0 rings (SSSR count). The number of nitrogens with zero attached hydrogens (tertiary/aromatic N) is 2. The van der Waals surface area contributed by atoms with Gasteiger partial charge in [-0.3, -0.25) is 0 Å². The molecule has 0 aromatic heterocycles. The lowest BCUT2D eigenvalue weighted by molar-refractivity contribution is 0.116. The molecule has 6 heteroatoms. The Labute approximate surface area is 56.8 Å². The summed E-state index contributed by atoms with van der Waals surface area (Å²) in [7, 11) is 0. The Kier molecular flexibility index (Phi) is 4.51. The van der Waals surface area contributed by atoms with Crippen LogP contribution >= 0.6 is 0 Å². The van der Waals surface area contributed by atoms with Gasteiger partial charge in [-0.15, -0.1) is 0 Å². The molecule has 0 aliphatic heterocycles. The summed E-state index contributed by atoms with van der Waals surface area (Å²) in [6.07, 6.45) is -1.26. The maximum absolute atomic E-state index is 9.74. The highest BCUT2D eigenvalue weighted by atomic mass is 16.3. The smallest absolute Gasteiger partial charge is 0.143 e. The van der Waals surface area contributed by atoms with Gasteiger partial charge >= 0.3 is 0 Å². The Morgan fingerprint density at radius 1 is 1.40 bits per heavy atom. The first-order valence-corrected chi connectivity index (χ1v) is 2.66. The normalized spacial score (nSPS) is 15.8. The molecule has 0 aromatic carbocycles. The SMILES string of the molecule is O=NCC(O)C(CO)N=O. The van der Waals surface area contributed by atoms with Crippen LogP contribution in [0.2, 0.25) is 0 Å². The minimum atomic E-state index is -1.26. The van der Waals surface area contributed by atoms with Gasteiger partial charge in [0.2, 0.25) is 0 Å². The molecule has 0 aliphatic rings. The predicted octanol–water partition coefficient (Wildman–Crippen LogP) is -0.759. The summed E-state index contributed by atoms with van der Waals surface area (Å²) in [5.41, 5.74) is 0. The van der Waals surface area contributed by atoms with Crippen LogP contribution in [0.5, 0.6) is 0 Å². The lowest BCUT2D eigenvalue weighted by Crippen LogP contribution is -2.29. The summed E-state index contributed by atoms with van der Waals surface area (Å²) < 4.78 is 0. The van der Waals surface area contributed by atoms with E-state index in [2.05, 4.69) is 10.4 Å². The van der Waals surface area contributed by atoms with Crippen LogP contribution in [0, 0.1) is 9.81 Å². The van der Waals surface area contributed by atoms with Crippen LogP contribution < -0.4 is 0 Å². The van der Waals surface area contributed by atoms with Gasteiger partial charge in [-0.25, -0.2) is 0 Å². The van der Waals surface area contributed by atoms with Crippen LogP contribution in [-0.2, 0) is 0 Å². The van der Waals surface area contributed by atoms with Gasteiger partial charge in [0.25, 0.3) is 0 Å². The molecule has 0 radical (unpaired) electrons. The van der Waals surface area contributed by atoms with Gasteiger partial charge in [0, 0.05) is 0 Å². The molecule has 0 aliphatic carbocycles. The van der Waals surface area contributed by atoms with Crippen LogP contribution in [0.3, 0.4) is 0 Å². The molecule has 0 spiro atoms. The number of rotatable bonds is 5. The van der Waals surface area contributed by atoms with Crippen molar-refractivity contribution >= 4 is 0 Å². The van der Waals surface area contributed by atoms with E-state index in [4.69, 9.17) is 10.2 Å². The highest BCUT2D eigenvalue weighted by molar-refractivity contribution is 4.75. The summed E-state index contributed by atoms with van der Waals surface area (Å²) in [5.74, 6) is 0. The van der Waals surface area contributed by atoms with Crippen LogP contribution in [0.1, 0.15) is 0 Å². The third-order valence-corrected chi connectivity index (χ3v) is 1.03. The average molecular weight is 148 g/mol. The summed E-state index contributed by atoms with van der Waals surface area (Å²) in [4.78, 5) is 19.3. The maximum Gasteiger partial charge on any atom is 0.143 e. The third kappa shape index (κ3) is 2.60. The molecule has 2 unspecified atom stereocenters. The zero-order chi connectivity index (χ0) is 7.98. The topological polar surface area (TPSA) is 99.3 Å². The van der Waals surface area contributed by atoms with E-state index in [9.17, 15) is 9.81 Å². The second-order valence-electron chi connectivity index (χ2n) is 1.73. The van der Waals surface area contributed by atoms with Gasteiger partial charge < -0.3 is 10.2 Å². The standard InChI is InChI=1S/C4H8N2O4/c7-2-3(6-10)4(8)1-5-9/h3-4,7-8H,1-2H2. The molecule has 0 bridgehead atoms. The van der Waals surface area contributed by atoms with E-state index in [0.717, 1.165) is 0 Å². The van der Waals surface area contributed by atoms with Crippen molar-refractivity contribution in [3.05, 3.63) is 9.81 Å². The van der Waals surface area contributed by atoms with Crippen molar-refractivity contribution in [3.8, 4) is 0 Å². The minimum Gasteiger partial charge on any atom is -0.394 e. The molecule has 0 saturated heterocycles. The Hall–Kier alpha value is -0.880. The van der Waals surface area contributed by atoms with Gasteiger partial charge in [-0.1, -0.05) is 10.4 Å². The van der Waals surface area contributed by atoms with Gasteiger partial charge in [0.15, 0.2) is 0 Å². The Balaban J connectivity index is 3.74. The molecule has 10 heavy (non-hydrogen) atoms. The highest BCUT2D eigenvalue weighted by Crippen LogP contribution is 1.97. The molecule has 0 saturated carbocycles. The summed E-state index contributed by atoms with van der Waals surface area (Å²) >= 11 is 0. The number of aliphatic hydroxyl groups excluding tert-OH is 2. The zero-order valence-electron chi connectivity index (χ0n) is 5.17. The van der Waals surface area contributed by atoms with Crippen LogP contribution in [0.15, 0.2) is 10.4 Å². The largest absolute Gasteiger partial charge is 0.394 e. The van der Waals surface area contributed by atoms with Gasteiger partial charge in [-0.05, 0) is 0 Å². The first kappa shape index (κ1) is 9.12. The fraction of sp³-hybridized carbons (Fsp3) is 1.00. The average Bonchev–Trinajstić information content (AvgIpc) is 1.91. The first-order chi connectivity index (χ1) is 4.76. The summed E-state index contributed by atoms with van der Waals surface area (Å²) in [6, 6.07) is -1.14. The molecule has 58 valence electrons. The predicted molar refractivity (Wildman–Crippen MR) is 33.3 cm³/mol. The van der Waals surface area contributed by atoms with Gasteiger partial charge in [0.1, 0.15) is 18.7 Å². The Bertz CT molecular complexity index is 118. The van der Waals surface area contributed by atoms with Crippen molar-refractivity contribution in [2.24, 2.45) is 10.4 Å².